The van der Waals surface area contributed by atoms with Crippen LogP contribution in [0, 0.1) is 12.8 Å². The van der Waals surface area contributed by atoms with Gasteiger partial charge in [0.05, 0.1) is 10.6 Å². The number of sulfonamides is 1. The van der Waals surface area contributed by atoms with Crippen LogP contribution in [-0.2, 0) is 14.8 Å². The van der Waals surface area contributed by atoms with Crippen molar-refractivity contribution in [2.75, 3.05) is 17.4 Å². The Labute approximate surface area is 155 Å². The van der Waals surface area contributed by atoms with Crippen LogP contribution in [0.4, 0.5) is 5.69 Å². The minimum Gasteiger partial charge on any atom is -0.356 e. The number of hydrogen-bond donors (Lipinski definition) is 1. The molecule has 0 heterocycles. The number of nitrogens with zero attached hydrogens (tertiary/aromatic N) is 1. The molecule has 1 fully saturated rings. The Bertz CT molecular complexity index is 844. The third kappa shape index (κ3) is 4.43. The number of carbonyl (C=O) groups excluding carboxylic acids is 1. The van der Waals surface area contributed by atoms with Crippen molar-refractivity contribution in [3.8, 4) is 0 Å². The van der Waals surface area contributed by atoms with E-state index in [1.807, 2.05) is 25.1 Å². The van der Waals surface area contributed by atoms with Gasteiger partial charge in [-0.3, -0.25) is 9.10 Å². The van der Waals surface area contributed by atoms with Gasteiger partial charge in [-0.1, -0.05) is 35.9 Å². The predicted octanol–water partition coefficient (Wildman–Crippen LogP) is 3.11. The van der Waals surface area contributed by atoms with Gasteiger partial charge >= 0.3 is 0 Å². The van der Waals surface area contributed by atoms with Crippen LogP contribution in [-0.4, -0.2) is 27.4 Å². The first-order valence-electron chi connectivity index (χ1n) is 8.90. The van der Waals surface area contributed by atoms with Crippen LogP contribution in [0.15, 0.2) is 59.5 Å². The Kier molecular flexibility index (Phi) is 5.61. The zero-order valence-electron chi connectivity index (χ0n) is 14.9. The van der Waals surface area contributed by atoms with Crippen LogP contribution < -0.4 is 9.62 Å². The van der Waals surface area contributed by atoms with Gasteiger partial charge in [0.25, 0.3) is 10.0 Å². The average molecular weight is 372 g/mol. The lowest BCUT2D eigenvalue weighted by Crippen LogP contribution is -2.34. The second kappa shape index (κ2) is 7.91. The number of amides is 1. The highest BCUT2D eigenvalue weighted by Crippen LogP contribution is 2.28. The van der Waals surface area contributed by atoms with Gasteiger partial charge in [0.15, 0.2) is 0 Å². The van der Waals surface area contributed by atoms with Crippen molar-refractivity contribution in [2.24, 2.45) is 5.92 Å². The smallest absolute Gasteiger partial charge is 0.264 e. The van der Waals surface area contributed by atoms with E-state index in [9.17, 15) is 13.2 Å². The molecule has 0 atom stereocenters. The van der Waals surface area contributed by atoms with Crippen LogP contribution in [0.25, 0.3) is 0 Å². The first-order valence-corrected chi connectivity index (χ1v) is 10.3. The third-order valence-electron chi connectivity index (χ3n) is 4.44. The summed E-state index contributed by atoms with van der Waals surface area (Å²) in [5, 5.41) is 2.89. The van der Waals surface area contributed by atoms with E-state index in [-0.39, 0.29) is 16.7 Å². The van der Waals surface area contributed by atoms with Crippen LogP contribution in [0.3, 0.4) is 0 Å². The van der Waals surface area contributed by atoms with Crippen LogP contribution in [0.2, 0.25) is 0 Å². The largest absolute Gasteiger partial charge is 0.356 e. The van der Waals surface area contributed by atoms with Crippen molar-refractivity contribution in [1.82, 2.24) is 5.32 Å². The Morgan fingerprint density at radius 3 is 2.35 bits per heavy atom. The normalized spacial score (nSPS) is 14.0. The maximum Gasteiger partial charge on any atom is 0.264 e. The molecule has 1 aliphatic carbocycles. The standard InChI is InChI=1S/C20H24N2O3S/c1-16-8-12-19(13-9-16)26(24,25)22(18-6-3-2-4-7-18)15-5-14-21-20(23)17-10-11-17/h2-4,6-9,12-13,17H,5,10-11,14-15H2,1H3,(H,21,23). The first-order chi connectivity index (χ1) is 12.5. The summed E-state index contributed by atoms with van der Waals surface area (Å²) in [6.45, 7) is 2.71. The van der Waals surface area contributed by atoms with Gasteiger partial charge < -0.3 is 5.32 Å². The Hall–Kier alpha value is -2.34. The molecule has 0 unspecified atom stereocenters. The van der Waals surface area contributed by atoms with E-state index in [0.717, 1.165) is 18.4 Å². The molecule has 1 amide bonds. The van der Waals surface area contributed by atoms with Gasteiger partial charge in [-0.25, -0.2) is 8.42 Å². The van der Waals surface area contributed by atoms with E-state index in [1.54, 1.807) is 36.4 Å². The number of para-hydroxylation sites is 1. The minimum atomic E-state index is -3.65. The lowest BCUT2D eigenvalue weighted by Gasteiger charge is -2.24. The fourth-order valence-electron chi connectivity index (χ4n) is 2.74. The Balaban J connectivity index is 1.74. The molecule has 3 rings (SSSR count). The minimum absolute atomic E-state index is 0.0812. The van der Waals surface area contributed by atoms with Crippen LogP contribution in [0.5, 0.6) is 0 Å². The van der Waals surface area contributed by atoms with E-state index in [2.05, 4.69) is 5.32 Å². The number of rotatable bonds is 8. The quantitative estimate of drug-likeness (QED) is 0.724. The van der Waals surface area contributed by atoms with Crippen LogP contribution in [0.1, 0.15) is 24.8 Å². The number of benzene rings is 2. The summed E-state index contributed by atoms with van der Waals surface area (Å²) in [7, 11) is -3.65. The number of hydrogen-bond acceptors (Lipinski definition) is 3. The molecular formula is C20H24N2O3S. The number of carbonyl (C=O) groups is 1. The molecule has 0 bridgehead atoms. The molecular weight excluding hydrogens is 348 g/mol. The van der Waals surface area contributed by atoms with Gasteiger partial charge in [0.2, 0.25) is 5.91 Å². The maximum absolute atomic E-state index is 13.1. The van der Waals surface area contributed by atoms with Crippen molar-refractivity contribution in [3.05, 3.63) is 60.2 Å². The monoisotopic (exact) mass is 372 g/mol. The number of nitrogens with one attached hydrogen (secondary N) is 1. The summed E-state index contributed by atoms with van der Waals surface area (Å²) < 4.78 is 27.7. The summed E-state index contributed by atoms with van der Waals surface area (Å²) in [4.78, 5) is 12.0. The van der Waals surface area contributed by atoms with Gasteiger partial charge in [-0.15, -0.1) is 0 Å². The number of anilines is 1. The molecule has 6 heteroatoms. The summed E-state index contributed by atoms with van der Waals surface area (Å²) in [5.74, 6) is 0.245. The van der Waals surface area contributed by atoms with Crippen molar-refractivity contribution >= 4 is 21.6 Å². The second-order valence-corrected chi connectivity index (χ2v) is 8.51. The topological polar surface area (TPSA) is 66.5 Å². The highest BCUT2D eigenvalue weighted by Gasteiger charge is 2.29. The maximum atomic E-state index is 13.1. The molecule has 26 heavy (non-hydrogen) atoms. The fourth-order valence-corrected chi connectivity index (χ4v) is 4.25. The molecule has 1 saturated carbocycles. The van der Waals surface area contributed by atoms with E-state index in [4.69, 9.17) is 0 Å². The molecule has 0 aromatic heterocycles. The first kappa shape index (κ1) is 18.5. The van der Waals surface area contributed by atoms with Gasteiger partial charge in [0.1, 0.15) is 0 Å². The van der Waals surface area contributed by atoms with E-state index < -0.39 is 10.0 Å². The van der Waals surface area contributed by atoms with E-state index >= 15 is 0 Å². The molecule has 138 valence electrons. The highest BCUT2D eigenvalue weighted by atomic mass is 32.2. The van der Waals surface area contributed by atoms with E-state index in [0.29, 0.717) is 25.2 Å². The lowest BCUT2D eigenvalue weighted by molar-refractivity contribution is -0.122. The van der Waals surface area contributed by atoms with Crippen LogP contribution >= 0.6 is 0 Å². The lowest BCUT2D eigenvalue weighted by atomic mass is 10.2. The Morgan fingerprint density at radius 2 is 1.73 bits per heavy atom. The summed E-state index contributed by atoms with van der Waals surface area (Å²) in [6.07, 6.45) is 2.48. The summed E-state index contributed by atoms with van der Waals surface area (Å²) in [5.41, 5.74) is 1.64. The molecule has 5 nitrogen and oxygen atoms in total. The molecule has 1 N–H and O–H groups in total. The zero-order chi connectivity index (χ0) is 18.6. The van der Waals surface area contributed by atoms with Gasteiger partial charge in [-0.2, -0.15) is 0 Å². The molecule has 0 aliphatic heterocycles. The summed E-state index contributed by atoms with van der Waals surface area (Å²) >= 11 is 0. The predicted molar refractivity (Wildman–Crippen MR) is 103 cm³/mol. The molecule has 0 spiro atoms. The Morgan fingerprint density at radius 1 is 1.08 bits per heavy atom. The zero-order valence-corrected chi connectivity index (χ0v) is 15.7. The van der Waals surface area contributed by atoms with Crippen molar-refractivity contribution in [1.29, 1.82) is 0 Å². The molecule has 0 saturated heterocycles. The second-order valence-electron chi connectivity index (χ2n) is 6.64. The average Bonchev–Trinajstić information content (AvgIpc) is 3.47. The van der Waals surface area contributed by atoms with E-state index in [1.165, 1.54) is 4.31 Å². The highest BCUT2D eigenvalue weighted by molar-refractivity contribution is 7.92. The molecule has 2 aromatic rings. The van der Waals surface area contributed by atoms with Crippen molar-refractivity contribution in [3.63, 3.8) is 0 Å². The third-order valence-corrected chi connectivity index (χ3v) is 6.28. The number of aryl methyl sites for hydroxylation is 1. The SMILES string of the molecule is Cc1ccc(S(=O)(=O)N(CCCNC(=O)C2CC2)c2ccccc2)cc1. The van der Waals surface area contributed by atoms with Gasteiger partial charge in [-0.05, 0) is 50.5 Å². The van der Waals surface area contributed by atoms with Crippen molar-refractivity contribution in [2.45, 2.75) is 31.1 Å². The van der Waals surface area contributed by atoms with Gasteiger partial charge in [0, 0.05) is 19.0 Å². The summed E-state index contributed by atoms with van der Waals surface area (Å²) in [6, 6.07) is 15.9. The molecule has 1 aliphatic rings. The van der Waals surface area contributed by atoms with Crippen molar-refractivity contribution < 1.29 is 13.2 Å². The molecule has 0 radical (unpaired) electrons. The fraction of sp³-hybridized carbons (Fsp3) is 0.350. The molecule has 2 aromatic carbocycles.